The number of carbonyl (C=O) groups excluding carboxylic acids is 1. The van der Waals surface area contributed by atoms with Gasteiger partial charge in [-0.25, -0.2) is 0 Å². The Bertz CT molecular complexity index is 390. The topological polar surface area (TPSA) is 67.3 Å². The summed E-state index contributed by atoms with van der Waals surface area (Å²) in [4.78, 5) is 13.7. The van der Waals surface area contributed by atoms with Crippen LogP contribution in [0.25, 0.3) is 0 Å². The van der Waals surface area contributed by atoms with Crippen LogP contribution in [0.15, 0.2) is 0 Å². The summed E-state index contributed by atoms with van der Waals surface area (Å²) in [6.45, 7) is 3.13. The molecule has 1 N–H and O–H groups in total. The second-order valence-electron chi connectivity index (χ2n) is 4.32. The molecule has 0 aliphatic carbocycles. The lowest BCUT2D eigenvalue weighted by Crippen LogP contribution is -2.28. The van der Waals surface area contributed by atoms with Gasteiger partial charge in [-0.3, -0.25) is 15.0 Å². The van der Waals surface area contributed by atoms with Crippen molar-refractivity contribution in [3.05, 3.63) is 5.01 Å². The number of amides is 1. The number of hydrogen-bond acceptors (Lipinski definition) is 6. The molecule has 6 nitrogen and oxygen atoms in total. The van der Waals surface area contributed by atoms with Gasteiger partial charge in [0, 0.05) is 7.11 Å². The molecule has 7 heteroatoms. The number of rotatable bonds is 5. The number of ether oxygens (including phenoxy) is 1. The normalized spacial score (nSPS) is 16.7. The Morgan fingerprint density at radius 2 is 2.17 bits per heavy atom. The molecule has 0 aromatic carbocycles. The van der Waals surface area contributed by atoms with E-state index < -0.39 is 0 Å². The fraction of sp³-hybridized carbons (Fsp3) is 0.727. The number of hydrogen-bond donors (Lipinski definition) is 1. The van der Waals surface area contributed by atoms with Crippen molar-refractivity contribution in [2.24, 2.45) is 0 Å². The zero-order valence-corrected chi connectivity index (χ0v) is 11.3. The van der Waals surface area contributed by atoms with Gasteiger partial charge in [-0.15, -0.1) is 10.2 Å². The van der Waals surface area contributed by atoms with Crippen molar-refractivity contribution in [2.75, 3.05) is 32.1 Å². The fourth-order valence-electron chi connectivity index (χ4n) is 1.96. The summed E-state index contributed by atoms with van der Waals surface area (Å²) in [6, 6.07) is 0. The Balaban J connectivity index is 1.83. The lowest BCUT2D eigenvalue weighted by atomic mass is 10.1. The highest BCUT2D eigenvalue weighted by molar-refractivity contribution is 7.15. The second kappa shape index (κ2) is 6.77. The third-order valence-electron chi connectivity index (χ3n) is 2.80. The van der Waals surface area contributed by atoms with E-state index in [4.69, 9.17) is 4.74 Å². The van der Waals surface area contributed by atoms with Crippen molar-refractivity contribution in [1.29, 1.82) is 0 Å². The van der Waals surface area contributed by atoms with Crippen LogP contribution in [-0.2, 0) is 16.1 Å². The smallest absolute Gasteiger partial charge is 0.252 e. The lowest BCUT2D eigenvalue weighted by Gasteiger charge is -2.24. The number of carbonyl (C=O) groups is 1. The summed E-state index contributed by atoms with van der Waals surface area (Å²) in [5, 5.41) is 12.2. The van der Waals surface area contributed by atoms with Crippen LogP contribution in [0.3, 0.4) is 0 Å². The van der Waals surface area contributed by atoms with Crippen LogP contribution in [0.2, 0.25) is 0 Å². The molecule has 1 fully saturated rings. The van der Waals surface area contributed by atoms with E-state index in [-0.39, 0.29) is 12.5 Å². The first-order chi connectivity index (χ1) is 8.78. The number of anilines is 1. The first-order valence-corrected chi connectivity index (χ1v) is 6.93. The zero-order valence-electron chi connectivity index (χ0n) is 10.5. The minimum Gasteiger partial charge on any atom is -0.375 e. The average molecular weight is 270 g/mol. The first kappa shape index (κ1) is 13.4. The number of methoxy groups -OCH3 is 1. The number of piperidine rings is 1. The zero-order chi connectivity index (χ0) is 12.8. The van der Waals surface area contributed by atoms with Crippen molar-refractivity contribution >= 4 is 22.4 Å². The van der Waals surface area contributed by atoms with Crippen LogP contribution in [0, 0.1) is 0 Å². The van der Waals surface area contributed by atoms with Crippen molar-refractivity contribution in [3.8, 4) is 0 Å². The third-order valence-corrected chi connectivity index (χ3v) is 3.62. The lowest BCUT2D eigenvalue weighted by molar-refractivity contribution is -0.119. The summed E-state index contributed by atoms with van der Waals surface area (Å²) in [6.07, 6.45) is 3.84. The quantitative estimate of drug-likeness (QED) is 0.868. The maximum Gasteiger partial charge on any atom is 0.252 e. The maximum atomic E-state index is 11.3. The van der Waals surface area contributed by atoms with Crippen LogP contribution < -0.4 is 5.32 Å². The molecular formula is C11H18N4O2S. The number of aromatic nitrogens is 2. The molecule has 1 amide bonds. The van der Waals surface area contributed by atoms with E-state index in [1.54, 1.807) is 0 Å². The summed E-state index contributed by atoms with van der Waals surface area (Å²) >= 11 is 1.43. The molecule has 1 saturated heterocycles. The van der Waals surface area contributed by atoms with E-state index in [9.17, 15) is 4.79 Å². The van der Waals surface area contributed by atoms with Gasteiger partial charge >= 0.3 is 0 Å². The molecule has 2 rings (SSSR count). The maximum absolute atomic E-state index is 11.3. The fourth-order valence-corrected chi connectivity index (χ4v) is 2.76. The van der Waals surface area contributed by atoms with Crippen molar-refractivity contribution in [2.45, 2.75) is 25.8 Å². The van der Waals surface area contributed by atoms with Crippen LogP contribution >= 0.6 is 11.3 Å². The van der Waals surface area contributed by atoms with E-state index in [1.807, 2.05) is 0 Å². The Morgan fingerprint density at radius 1 is 1.39 bits per heavy atom. The summed E-state index contributed by atoms with van der Waals surface area (Å²) in [5.74, 6) is -0.196. The van der Waals surface area contributed by atoms with E-state index in [1.165, 1.54) is 37.7 Å². The molecule has 100 valence electrons. The molecule has 18 heavy (non-hydrogen) atoms. The van der Waals surface area contributed by atoms with Gasteiger partial charge in [-0.05, 0) is 25.9 Å². The van der Waals surface area contributed by atoms with Gasteiger partial charge in [0.25, 0.3) is 5.91 Å². The van der Waals surface area contributed by atoms with Crippen molar-refractivity contribution in [1.82, 2.24) is 15.1 Å². The number of nitrogens with zero attached hydrogens (tertiary/aromatic N) is 3. The molecule has 0 bridgehead atoms. The highest BCUT2D eigenvalue weighted by Gasteiger charge is 2.14. The van der Waals surface area contributed by atoms with E-state index >= 15 is 0 Å². The van der Waals surface area contributed by atoms with Gasteiger partial charge in [0.05, 0.1) is 6.54 Å². The Kier molecular flexibility index (Phi) is 5.03. The Hall–Kier alpha value is -1.05. The van der Waals surface area contributed by atoms with E-state index in [0.717, 1.165) is 24.6 Å². The highest BCUT2D eigenvalue weighted by atomic mass is 32.1. The minimum absolute atomic E-state index is 0.0427. The van der Waals surface area contributed by atoms with Crippen LogP contribution in [-0.4, -0.2) is 47.8 Å². The van der Waals surface area contributed by atoms with Crippen molar-refractivity contribution < 1.29 is 9.53 Å². The Labute approximate surface area is 110 Å². The summed E-state index contributed by atoms with van der Waals surface area (Å²) in [7, 11) is 1.49. The molecule has 2 heterocycles. The van der Waals surface area contributed by atoms with Crippen LogP contribution in [0.4, 0.5) is 5.13 Å². The van der Waals surface area contributed by atoms with Gasteiger partial charge < -0.3 is 4.74 Å². The number of likely N-dealkylation sites (tertiary alicyclic amines) is 1. The average Bonchev–Trinajstić information content (AvgIpc) is 2.78. The largest absolute Gasteiger partial charge is 0.375 e. The molecule has 0 radical (unpaired) electrons. The highest BCUT2D eigenvalue weighted by Crippen LogP contribution is 2.19. The molecule has 0 spiro atoms. The Morgan fingerprint density at radius 3 is 2.89 bits per heavy atom. The van der Waals surface area contributed by atoms with Crippen LogP contribution in [0.1, 0.15) is 24.3 Å². The summed E-state index contributed by atoms with van der Waals surface area (Å²) in [5.41, 5.74) is 0. The SMILES string of the molecule is COCC(=O)Nc1nnc(CN2CCCCC2)s1. The molecule has 1 aliphatic rings. The van der Waals surface area contributed by atoms with Gasteiger partial charge in [-0.2, -0.15) is 0 Å². The standard InChI is InChI=1S/C11H18N4O2S/c1-17-8-9(16)12-11-14-13-10(18-11)7-15-5-3-2-4-6-15/h2-8H2,1H3,(H,12,14,16). The van der Waals surface area contributed by atoms with Crippen molar-refractivity contribution in [3.63, 3.8) is 0 Å². The van der Waals surface area contributed by atoms with Crippen LogP contribution in [0.5, 0.6) is 0 Å². The van der Waals surface area contributed by atoms with Gasteiger partial charge in [0.1, 0.15) is 11.6 Å². The predicted octanol–water partition coefficient (Wildman–Crippen LogP) is 1.11. The first-order valence-electron chi connectivity index (χ1n) is 6.11. The molecular weight excluding hydrogens is 252 g/mol. The molecule has 0 saturated carbocycles. The molecule has 0 unspecified atom stereocenters. The monoisotopic (exact) mass is 270 g/mol. The molecule has 1 aromatic heterocycles. The second-order valence-corrected chi connectivity index (χ2v) is 5.38. The van der Waals surface area contributed by atoms with E-state index in [0.29, 0.717) is 5.13 Å². The predicted molar refractivity (Wildman–Crippen MR) is 69.5 cm³/mol. The molecule has 1 aliphatic heterocycles. The van der Waals surface area contributed by atoms with E-state index in [2.05, 4.69) is 20.4 Å². The molecule has 1 aromatic rings. The minimum atomic E-state index is -0.196. The van der Waals surface area contributed by atoms with Gasteiger partial charge in [0.15, 0.2) is 0 Å². The third kappa shape index (κ3) is 4.01. The number of nitrogens with one attached hydrogen (secondary N) is 1. The van der Waals surface area contributed by atoms with Gasteiger partial charge in [-0.1, -0.05) is 17.8 Å². The van der Waals surface area contributed by atoms with Gasteiger partial charge in [0.2, 0.25) is 5.13 Å². The summed E-state index contributed by atoms with van der Waals surface area (Å²) < 4.78 is 4.74. The molecule has 0 atom stereocenters.